The zero-order valence-corrected chi connectivity index (χ0v) is 28.8. The van der Waals surface area contributed by atoms with Gasteiger partial charge in [0.1, 0.15) is 6.10 Å². The van der Waals surface area contributed by atoms with Crippen LogP contribution in [-0.2, 0) is 60.8 Å². The first kappa shape index (κ1) is 44.9. The smallest absolute Gasteiger partial charge is 0.334 e. The third kappa shape index (κ3) is 27.3. The normalized spacial score (nSPS) is 16.2. The summed E-state index contributed by atoms with van der Waals surface area (Å²) in [6.07, 6.45) is -0.991. The van der Waals surface area contributed by atoms with Crippen LogP contribution in [0.3, 0.4) is 0 Å². The van der Waals surface area contributed by atoms with Gasteiger partial charge in [0.25, 0.3) is 6.72 Å². The zero-order chi connectivity index (χ0) is 33.5. The minimum Gasteiger partial charge on any atom is -0.466 e. The van der Waals surface area contributed by atoms with Crippen LogP contribution >= 0.6 is 25.6 Å². The highest BCUT2D eigenvalue weighted by Gasteiger charge is 2.25. The van der Waals surface area contributed by atoms with Crippen molar-refractivity contribution in [1.29, 1.82) is 0 Å². The number of carbonyl (C=O) groups excluding carboxylic acids is 4. The quantitative estimate of drug-likeness (QED) is 0.130. The fourth-order valence-electron chi connectivity index (χ4n) is 2.10. The van der Waals surface area contributed by atoms with Crippen molar-refractivity contribution in [1.82, 2.24) is 0 Å². The van der Waals surface area contributed by atoms with Crippen LogP contribution in [0.4, 0.5) is 0 Å². The van der Waals surface area contributed by atoms with Gasteiger partial charge in [0.05, 0.1) is 64.0 Å². The van der Waals surface area contributed by atoms with E-state index < -0.39 is 56.1 Å². The van der Waals surface area contributed by atoms with Crippen molar-refractivity contribution < 1.29 is 65.9 Å². The molecule has 0 aliphatic rings. The first-order valence-corrected chi connectivity index (χ1v) is 18.4. The van der Waals surface area contributed by atoms with Gasteiger partial charge in [-0.1, -0.05) is 0 Å². The van der Waals surface area contributed by atoms with Crippen LogP contribution in [0, 0.1) is 17.8 Å². The van der Waals surface area contributed by atoms with E-state index in [-0.39, 0.29) is 39.0 Å². The zero-order valence-electron chi connectivity index (χ0n) is 26.3. The van der Waals surface area contributed by atoms with Crippen molar-refractivity contribution in [2.75, 3.05) is 59.6 Å². The number of halogens is 1. The second kappa shape index (κ2) is 24.9. The minimum atomic E-state index is -3.33. The number of carbonyl (C=O) groups is 4. The lowest BCUT2D eigenvalue weighted by atomic mass is 10.2. The Morgan fingerprint density at radius 1 is 0.595 bits per heavy atom. The summed E-state index contributed by atoms with van der Waals surface area (Å²) >= 11 is 5.34. The standard InChI is InChI=1S/C13H25O7P.C7H14ClO4P.C5H10O3/c1-6-17-12(14)10(3)8-19-21(5,16)20-9-11(4)13(15)18-7-2;1-4-11-7(9)6(2)5-12-13(3,8)10;1-3-8-5(7)4(2)6/h10-11H,6-9H2,1-5H3;6H,4-5H2,1-3H3;4,6H,3H2,1-2H3. The van der Waals surface area contributed by atoms with Crippen LogP contribution in [0.5, 0.6) is 0 Å². The molecule has 0 radical (unpaired) electrons. The molecule has 5 atom stereocenters. The number of rotatable bonds is 17. The van der Waals surface area contributed by atoms with Gasteiger partial charge in [0.2, 0.25) is 0 Å². The van der Waals surface area contributed by atoms with Crippen LogP contribution in [-0.4, -0.2) is 94.7 Å². The Hall–Kier alpha value is -1.53. The van der Waals surface area contributed by atoms with Crippen LogP contribution in [0.25, 0.3) is 0 Å². The topological polar surface area (TPSA) is 187 Å². The number of aliphatic hydroxyl groups excluding tert-OH is 1. The Kier molecular flexibility index (Phi) is 26.6. The van der Waals surface area contributed by atoms with Gasteiger partial charge >= 0.3 is 31.5 Å². The molecular weight excluding hydrogens is 622 g/mol. The lowest BCUT2D eigenvalue weighted by molar-refractivity contribution is -0.152. The van der Waals surface area contributed by atoms with E-state index in [1.54, 1.807) is 48.5 Å². The van der Waals surface area contributed by atoms with Crippen LogP contribution < -0.4 is 0 Å². The number of esters is 4. The molecule has 250 valence electrons. The van der Waals surface area contributed by atoms with E-state index in [0.29, 0.717) is 13.2 Å². The van der Waals surface area contributed by atoms with Gasteiger partial charge in [0, 0.05) is 13.3 Å². The molecule has 0 bridgehead atoms. The lowest BCUT2D eigenvalue weighted by Crippen LogP contribution is -2.21. The SMILES string of the molecule is CCOC(=O)C(C)COP(C)(=O)Cl.CCOC(=O)C(C)COP(C)(=O)OCC(C)C(=O)OCC.CCOC(=O)C(C)O. The first-order valence-electron chi connectivity index (χ1n) is 13.4. The summed E-state index contributed by atoms with van der Waals surface area (Å²) in [7, 11) is -3.33. The third-order valence-corrected chi connectivity index (χ3v) is 6.51. The van der Waals surface area contributed by atoms with Crippen LogP contribution in [0.15, 0.2) is 0 Å². The highest BCUT2D eigenvalue weighted by atomic mass is 35.7. The van der Waals surface area contributed by atoms with Crippen molar-refractivity contribution in [2.24, 2.45) is 17.8 Å². The summed E-state index contributed by atoms with van der Waals surface area (Å²) in [5, 5.41) is 8.48. The van der Waals surface area contributed by atoms with Gasteiger partial charge in [-0.25, -0.2) is 4.79 Å². The molecule has 17 heteroatoms. The van der Waals surface area contributed by atoms with E-state index in [2.05, 4.69) is 4.74 Å². The Balaban J connectivity index is -0.000000613. The largest absolute Gasteiger partial charge is 0.466 e. The van der Waals surface area contributed by atoms with Crippen molar-refractivity contribution in [3.05, 3.63) is 0 Å². The fraction of sp³-hybridized carbons (Fsp3) is 0.840. The summed E-state index contributed by atoms with van der Waals surface area (Å²) < 4.78 is 56.7. The molecule has 42 heavy (non-hydrogen) atoms. The van der Waals surface area contributed by atoms with Gasteiger partial charge < -0.3 is 37.6 Å². The predicted molar refractivity (Wildman–Crippen MR) is 156 cm³/mol. The number of hydrogen-bond donors (Lipinski definition) is 1. The molecule has 0 aromatic rings. The first-order chi connectivity index (χ1) is 19.3. The van der Waals surface area contributed by atoms with E-state index in [0.717, 1.165) is 0 Å². The third-order valence-electron chi connectivity index (χ3n) is 4.37. The molecule has 0 aromatic heterocycles. The fourth-order valence-corrected chi connectivity index (χ4v) is 3.82. The molecule has 0 aliphatic heterocycles. The Labute approximate surface area is 254 Å². The molecule has 0 aliphatic carbocycles. The summed E-state index contributed by atoms with van der Waals surface area (Å²) in [6.45, 7) is 13.7. The van der Waals surface area contributed by atoms with E-state index in [1.807, 2.05) is 0 Å². The second-order valence-corrected chi connectivity index (χ2v) is 14.4. The molecule has 5 unspecified atom stereocenters. The maximum atomic E-state index is 12.0. The Morgan fingerprint density at radius 2 is 0.857 bits per heavy atom. The molecule has 0 saturated heterocycles. The van der Waals surface area contributed by atoms with Crippen LogP contribution in [0.1, 0.15) is 55.4 Å². The average Bonchev–Trinajstić information content (AvgIpc) is 2.89. The molecule has 0 rings (SSSR count). The highest BCUT2D eigenvalue weighted by molar-refractivity contribution is 7.84. The molecule has 0 amide bonds. The van der Waals surface area contributed by atoms with E-state index >= 15 is 0 Å². The van der Waals surface area contributed by atoms with Crippen molar-refractivity contribution in [3.8, 4) is 0 Å². The molecule has 0 aromatic carbocycles. The van der Waals surface area contributed by atoms with E-state index in [9.17, 15) is 28.3 Å². The summed E-state index contributed by atoms with van der Waals surface area (Å²) in [6, 6.07) is 0. The van der Waals surface area contributed by atoms with E-state index in [1.165, 1.54) is 20.3 Å². The molecule has 0 heterocycles. The van der Waals surface area contributed by atoms with Crippen molar-refractivity contribution in [2.45, 2.75) is 61.5 Å². The molecule has 1 N–H and O–H groups in total. The van der Waals surface area contributed by atoms with Crippen molar-refractivity contribution in [3.63, 3.8) is 0 Å². The molecule has 0 spiro atoms. The van der Waals surface area contributed by atoms with Gasteiger partial charge in [-0.15, -0.1) is 0 Å². The van der Waals surface area contributed by atoms with Gasteiger partial charge in [0.15, 0.2) is 0 Å². The number of ether oxygens (including phenoxy) is 4. The Morgan fingerprint density at radius 3 is 1.07 bits per heavy atom. The maximum absolute atomic E-state index is 12.0. The Bertz CT molecular complexity index is 845. The summed E-state index contributed by atoms with van der Waals surface area (Å²) in [5.74, 6) is -3.28. The lowest BCUT2D eigenvalue weighted by Gasteiger charge is -2.18. The van der Waals surface area contributed by atoms with E-state index in [4.69, 9.17) is 44.1 Å². The maximum Gasteiger partial charge on any atom is 0.334 e. The summed E-state index contributed by atoms with van der Waals surface area (Å²) in [5.41, 5.74) is 0. The second-order valence-electron chi connectivity index (χ2n) is 8.79. The number of aliphatic hydroxyl groups is 1. The average molecular weight is 671 g/mol. The minimum absolute atomic E-state index is 0.0239. The monoisotopic (exact) mass is 670 g/mol. The molecule has 0 saturated carbocycles. The molecule has 14 nitrogen and oxygen atoms in total. The van der Waals surface area contributed by atoms with Crippen LogP contribution in [0.2, 0.25) is 0 Å². The number of hydrogen-bond acceptors (Lipinski definition) is 14. The van der Waals surface area contributed by atoms with Gasteiger partial charge in [-0.3, -0.25) is 23.5 Å². The van der Waals surface area contributed by atoms with Gasteiger partial charge in [-0.2, -0.15) is 0 Å². The predicted octanol–water partition coefficient (Wildman–Crippen LogP) is 4.44. The van der Waals surface area contributed by atoms with Crippen molar-refractivity contribution >= 4 is 49.4 Å². The molecule has 0 fully saturated rings. The summed E-state index contributed by atoms with van der Waals surface area (Å²) in [4.78, 5) is 44.1. The van der Waals surface area contributed by atoms with Gasteiger partial charge in [-0.05, 0) is 66.6 Å². The molecular formula is C25H49ClO14P2. The highest BCUT2D eigenvalue weighted by Crippen LogP contribution is 2.48.